The molecule has 0 spiro atoms. The Morgan fingerprint density at radius 1 is 1.11 bits per heavy atom. The van der Waals surface area contributed by atoms with Crippen LogP contribution in [-0.4, -0.2) is 32.0 Å². The van der Waals surface area contributed by atoms with Gasteiger partial charge >= 0.3 is 12.1 Å². The highest BCUT2D eigenvalue weighted by Gasteiger charge is 2.26. The fourth-order valence-corrected chi connectivity index (χ4v) is 2.73. The van der Waals surface area contributed by atoms with E-state index in [-0.39, 0.29) is 6.79 Å². The largest absolute Gasteiger partial charge is 0.456 e. The molecule has 1 aliphatic heterocycles. The number of ether oxygens (including phenoxy) is 4. The van der Waals surface area contributed by atoms with Crippen molar-refractivity contribution in [2.75, 3.05) is 13.9 Å². The highest BCUT2D eigenvalue weighted by molar-refractivity contribution is 5.81. The molecule has 0 radical (unpaired) electrons. The van der Waals surface area contributed by atoms with Crippen molar-refractivity contribution >= 4 is 12.1 Å². The molecule has 0 saturated heterocycles. The van der Waals surface area contributed by atoms with Gasteiger partial charge in [0.2, 0.25) is 6.79 Å². The fourth-order valence-electron chi connectivity index (χ4n) is 2.73. The van der Waals surface area contributed by atoms with E-state index in [9.17, 15) is 9.59 Å². The van der Waals surface area contributed by atoms with E-state index in [2.05, 4.69) is 10.1 Å². The van der Waals surface area contributed by atoms with Crippen LogP contribution in [0.1, 0.15) is 24.2 Å². The summed E-state index contributed by atoms with van der Waals surface area (Å²) in [5.74, 6) is 0.727. The number of rotatable bonds is 6. The molecule has 0 fully saturated rings. The Hall–Kier alpha value is -3.22. The summed E-state index contributed by atoms with van der Waals surface area (Å²) >= 11 is 0. The zero-order chi connectivity index (χ0) is 19.2. The molecule has 0 saturated carbocycles. The summed E-state index contributed by atoms with van der Waals surface area (Å²) in [5, 5.41) is 2.53. The Kier molecular flexibility index (Phi) is 5.80. The van der Waals surface area contributed by atoms with E-state index in [1.807, 2.05) is 36.4 Å². The van der Waals surface area contributed by atoms with E-state index in [0.29, 0.717) is 17.9 Å². The minimum absolute atomic E-state index is 0.176. The summed E-state index contributed by atoms with van der Waals surface area (Å²) in [4.78, 5) is 24.3. The third kappa shape index (κ3) is 4.69. The van der Waals surface area contributed by atoms with Gasteiger partial charge in [-0.25, -0.2) is 9.59 Å². The Labute approximate surface area is 157 Å². The second-order valence-electron chi connectivity index (χ2n) is 6.07. The quantitative estimate of drug-likeness (QED) is 0.786. The molecule has 0 aliphatic carbocycles. The summed E-state index contributed by atoms with van der Waals surface area (Å²) in [6.07, 6.45) is -0.920. The van der Waals surface area contributed by atoms with Crippen LogP contribution in [0.25, 0.3) is 0 Å². The monoisotopic (exact) mass is 371 g/mol. The number of benzene rings is 2. The van der Waals surface area contributed by atoms with E-state index >= 15 is 0 Å². The molecule has 7 nitrogen and oxygen atoms in total. The first-order valence-electron chi connectivity index (χ1n) is 8.55. The molecule has 3 rings (SSSR count). The second kappa shape index (κ2) is 8.44. The van der Waals surface area contributed by atoms with Crippen LogP contribution in [0.5, 0.6) is 11.5 Å². The molecule has 2 aromatic carbocycles. The predicted molar refractivity (Wildman–Crippen MR) is 96.5 cm³/mol. The average molecular weight is 371 g/mol. The first-order chi connectivity index (χ1) is 13.1. The van der Waals surface area contributed by atoms with Crippen molar-refractivity contribution < 1.29 is 28.5 Å². The Morgan fingerprint density at radius 2 is 1.85 bits per heavy atom. The summed E-state index contributed by atoms with van der Waals surface area (Å²) in [6, 6.07) is 13.9. The van der Waals surface area contributed by atoms with Crippen LogP contribution < -0.4 is 14.8 Å². The van der Waals surface area contributed by atoms with Crippen molar-refractivity contribution in [2.24, 2.45) is 0 Å². The molecule has 2 atom stereocenters. The maximum Gasteiger partial charge on any atom is 0.407 e. The maximum atomic E-state index is 12.7. The molecule has 1 amide bonds. The smallest absolute Gasteiger partial charge is 0.407 e. The predicted octanol–water partition coefficient (Wildman–Crippen LogP) is 2.99. The number of esters is 1. The van der Waals surface area contributed by atoms with Crippen molar-refractivity contribution in [2.45, 2.75) is 25.5 Å². The van der Waals surface area contributed by atoms with Gasteiger partial charge in [-0.2, -0.15) is 0 Å². The number of amides is 1. The van der Waals surface area contributed by atoms with Crippen LogP contribution in [0.15, 0.2) is 48.5 Å². The molecule has 0 aromatic heterocycles. The van der Waals surface area contributed by atoms with Crippen molar-refractivity contribution in [3.05, 3.63) is 59.7 Å². The first kappa shape index (κ1) is 18.6. The molecule has 142 valence electrons. The maximum absolute atomic E-state index is 12.7. The Bertz CT molecular complexity index is 807. The number of hydrogen-bond acceptors (Lipinski definition) is 6. The van der Waals surface area contributed by atoms with Crippen LogP contribution in [0.2, 0.25) is 0 Å². The number of methoxy groups -OCH3 is 1. The molecule has 7 heteroatoms. The van der Waals surface area contributed by atoms with E-state index < -0.39 is 24.2 Å². The zero-order valence-electron chi connectivity index (χ0n) is 15.1. The Morgan fingerprint density at radius 3 is 2.59 bits per heavy atom. The third-order valence-electron chi connectivity index (χ3n) is 4.20. The molecular weight excluding hydrogens is 350 g/mol. The van der Waals surface area contributed by atoms with Crippen molar-refractivity contribution in [3.63, 3.8) is 0 Å². The van der Waals surface area contributed by atoms with Gasteiger partial charge in [-0.3, -0.25) is 0 Å². The lowest BCUT2D eigenvalue weighted by atomic mass is 10.1. The van der Waals surface area contributed by atoms with Gasteiger partial charge in [0.15, 0.2) is 11.5 Å². The average Bonchev–Trinajstić information content (AvgIpc) is 3.15. The van der Waals surface area contributed by atoms with Gasteiger partial charge in [-0.1, -0.05) is 36.4 Å². The van der Waals surface area contributed by atoms with Crippen LogP contribution in [-0.2, 0) is 20.7 Å². The molecule has 27 heavy (non-hydrogen) atoms. The number of hydrogen-bond donors (Lipinski definition) is 1. The normalized spacial score (nSPS) is 14.1. The van der Waals surface area contributed by atoms with E-state index in [4.69, 9.17) is 14.2 Å². The third-order valence-corrected chi connectivity index (χ3v) is 4.20. The molecule has 0 bridgehead atoms. The van der Waals surface area contributed by atoms with Crippen LogP contribution in [0.3, 0.4) is 0 Å². The minimum atomic E-state index is -0.865. The van der Waals surface area contributed by atoms with E-state index in [0.717, 1.165) is 11.1 Å². The molecular formula is C20H21NO6. The van der Waals surface area contributed by atoms with E-state index in [1.165, 1.54) is 7.11 Å². The lowest BCUT2D eigenvalue weighted by Crippen LogP contribution is -2.43. The number of fused-ring (bicyclic) bond motifs is 1. The van der Waals surface area contributed by atoms with Gasteiger partial charge in [0, 0.05) is 6.42 Å². The number of carbonyl (C=O) groups is 2. The van der Waals surface area contributed by atoms with Crippen molar-refractivity contribution in [3.8, 4) is 11.5 Å². The van der Waals surface area contributed by atoms with Crippen LogP contribution in [0, 0.1) is 0 Å². The van der Waals surface area contributed by atoms with Gasteiger partial charge in [0.25, 0.3) is 0 Å². The van der Waals surface area contributed by atoms with Crippen LogP contribution in [0.4, 0.5) is 4.79 Å². The molecule has 1 heterocycles. The first-order valence-corrected chi connectivity index (χ1v) is 8.55. The van der Waals surface area contributed by atoms with Crippen molar-refractivity contribution in [1.29, 1.82) is 0 Å². The lowest BCUT2D eigenvalue weighted by molar-refractivity contribution is -0.151. The van der Waals surface area contributed by atoms with Gasteiger partial charge < -0.3 is 24.3 Å². The second-order valence-corrected chi connectivity index (χ2v) is 6.07. The zero-order valence-corrected chi connectivity index (χ0v) is 15.1. The van der Waals surface area contributed by atoms with Gasteiger partial charge in [-0.05, 0) is 30.2 Å². The number of carbonyl (C=O) groups excluding carboxylic acids is 2. The molecule has 0 unspecified atom stereocenters. The topological polar surface area (TPSA) is 83.1 Å². The van der Waals surface area contributed by atoms with Gasteiger partial charge in [0.1, 0.15) is 12.1 Å². The Balaban J connectivity index is 1.69. The lowest BCUT2D eigenvalue weighted by Gasteiger charge is -2.20. The highest BCUT2D eigenvalue weighted by Crippen LogP contribution is 2.34. The molecule has 1 aliphatic rings. The highest BCUT2D eigenvalue weighted by atomic mass is 16.7. The minimum Gasteiger partial charge on any atom is -0.456 e. The number of alkyl carbamates (subject to hydrolysis) is 1. The van der Waals surface area contributed by atoms with Crippen LogP contribution >= 0.6 is 0 Å². The summed E-state index contributed by atoms with van der Waals surface area (Å²) in [7, 11) is 1.25. The fraction of sp³-hybridized carbons (Fsp3) is 0.300. The van der Waals surface area contributed by atoms with Gasteiger partial charge in [-0.15, -0.1) is 0 Å². The van der Waals surface area contributed by atoms with Crippen molar-refractivity contribution in [1.82, 2.24) is 5.32 Å². The van der Waals surface area contributed by atoms with Gasteiger partial charge in [0.05, 0.1) is 7.11 Å². The molecule has 1 N–H and O–H groups in total. The summed E-state index contributed by atoms with van der Waals surface area (Å²) < 4.78 is 20.8. The summed E-state index contributed by atoms with van der Waals surface area (Å²) in [6.45, 7) is 1.93. The van der Waals surface area contributed by atoms with E-state index in [1.54, 1.807) is 19.1 Å². The SMILES string of the molecule is COC(=O)N[C@H](Cc1ccccc1)C(=O)O[C@@H](C)c1ccc2c(c1)OCO2. The number of nitrogens with one attached hydrogen (secondary N) is 1. The summed E-state index contributed by atoms with van der Waals surface area (Å²) in [5.41, 5.74) is 1.66. The molecule has 2 aromatic rings. The standard InChI is InChI=1S/C20H21NO6/c1-13(15-8-9-17-18(11-15)26-12-25-17)27-19(22)16(21-20(23)24-2)10-14-6-4-3-5-7-14/h3-9,11,13,16H,10,12H2,1-2H3,(H,21,23)/t13-,16+/m0/s1.